The van der Waals surface area contributed by atoms with Crippen LogP contribution >= 0.6 is 11.6 Å². The third kappa shape index (κ3) is 6.30. The van der Waals surface area contributed by atoms with E-state index in [2.05, 4.69) is 10.7 Å². The molecule has 0 aliphatic carbocycles. The third-order valence-corrected chi connectivity index (χ3v) is 3.79. The normalized spacial score (nSPS) is 10.9. The Morgan fingerprint density at radius 3 is 2.29 bits per heavy atom. The van der Waals surface area contributed by atoms with Crippen LogP contribution in [0.3, 0.4) is 0 Å². The van der Waals surface area contributed by atoms with Crippen LogP contribution in [0.5, 0.6) is 5.75 Å². The van der Waals surface area contributed by atoms with Crippen LogP contribution in [-0.2, 0) is 20.9 Å². The zero-order valence-electron chi connectivity index (χ0n) is 14.9. The van der Waals surface area contributed by atoms with Crippen LogP contribution in [0.25, 0.3) is 0 Å². The van der Waals surface area contributed by atoms with Gasteiger partial charge in [-0.2, -0.15) is 5.26 Å². The Bertz CT molecular complexity index is 892. The number of ether oxygens (including phenoxy) is 1. The predicted octanol–water partition coefficient (Wildman–Crippen LogP) is 1.44. The van der Waals surface area contributed by atoms with E-state index in [-0.39, 0.29) is 6.54 Å². The Hall–Kier alpha value is -3.57. The van der Waals surface area contributed by atoms with Crippen molar-refractivity contribution in [3.8, 4) is 11.8 Å². The summed E-state index contributed by atoms with van der Waals surface area (Å²) in [6.45, 7) is 1.61. The summed E-state index contributed by atoms with van der Waals surface area (Å²) in [5.74, 6) is -2.19. The molecule has 2 aromatic carbocycles. The number of nitriles is 1. The number of carbonyl (C=O) groups is 3. The summed E-state index contributed by atoms with van der Waals surface area (Å²) < 4.78 is 5.40. The maximum absolute atomic E-state index is 12.0. The number of rotatable bonds is 5. The minimum atomic E-state index is -1.02. The monoisotopic (exact) mass is 400 g/mol. The van der Waals surface area contributed by atoms with Crippen molar-refractivity contribution < 1.29 is 19.1 Å². The first-order chi connectivity index (χ1) is 13.4. The summed E-state index contributed by atoms with van der Waals surface area (Å²) in [5.41, 5.74) is 5.36. The molecule has 0 fully saturated rings. The average Bonchev–Trinajstić information content (AvgIpc) is 2.71. The molecule has 0 aliphatic rings. The number of nitrogens with zero attached hydrogens (tertiary/aromatic N) is 1. The maximum Gasteiger partial charge on any atom is 0.327 e. The second-order valence-electron chi connectivity index (χ2n) is 5.65. The molecule has 8 nitrogen and oxygen atoms in total. The molecule has 2 rings (SSSR count). The molecule has 0 radical (unpaired) electrons. The summed E-state index contributed by atoms with van der Waals surface area (Å²) in [6.07, 6.45) is -0.939. The fourth-order valence-corrected chi connectivity index (χ4v) is 2.13. The number of carbonyl (C=O) groups excluding carboxylic acids is 3. The lowest BCUT2D eigenvalue weighted by molar-refractivity contribution is -0.141. The Balaban J connectivity index is 1.75. The van der Waals surface area contributed by atoms with Gasteiger partial charge in [0.2, 0.25) is 0 Å². The highest BCUT2D eigenvalue weighted by Gasteiger charge is 2.18. The topological polar surface area (TPSA) is 120 Å². The van der Waals surface area contributed by atoms with Gasteiger partial charge in [0.25, 0.3) is 5.91 Å². The molecule has 3 N–H and O–H groups in total. The minimum absolute atomic E-state index is 0.134. The van der Waals surface area contributed by atoms with Gasteiger partial charge in [0.1, 0.15) is 5.75 Å². The molecule has 0 saturated heterocycles. The van der Waals surface area contributed by atoms with Crippen LogP contribution in [0.15, 0.2) is 48.5 Å². The SMILES string of the molecule is C[C@H](Oc1ccc(C#N)cc1)C(=O)NNC(=O)C(=O)NCc1ccc(Cl)cc1. The van der Waals surface area contributed by atoms with Gasteiger partial charge >= 0.3 is 11.8 Å². The Morgan fingerprint density at radius 1 is 1.04 bits per heavy atom. The van der Waals surface area contributed by atoms with E-state index in [1.54, 1.807) is 48.5 Å². The van der Waals surface area contributed by atoms with Crippen molar-refractivity contribution >= 4 is 29.3 Å². The zero-order chi connectivity index (χ0) is 20.5. The summed E-state index contributed by atoms with van der Waals surface area (Å²) in [5, 5.41) is 11.7. The lowest BCUT2D eigenvalue weighted by Gasteiger charge is -2.15. The molecule has 0 bridgehead atoms. The van der Waals surface area contributed by atoms with Crippen LogP contribution in [0.2, 0.25) is 5.02 Å². The van der Waals surface area contributed by atoms with Crippen molar-refractivity contribution in [3.63, 3.8) is 0 Å². The zero-order valence-corrected chi connectivity index (χ0v) is 15.6. The van der Waals surface area contributed by atoms with Crippen molar-refractivity contribution in [1.29, 1.82) is 5.26 Å². The number of nitrogens with one attached hydrogen (secondary N) is 3. The molecule has 0 aliphatic heterocycles. The van der Waals surface area contributed by atoms with E-state index in [0.29, 0.717) is 16.3 Å². The van der Waals surface area contributed by atoms with Crippen molar-refractivity contribution in [2.24, 2.45) is 0 Å². The van der Waals surface area contributed by atoms with Gasteiger partial charge in [-0.1, -0.05) is 23.7 Å². The number of hydrogen-bond acceptors (Lipinski definition) is 5. The first-order valence-corrected chi connectivity index (χ1v) is 8.56. The minimum Gasteiger partial charge on any atom is -0.481 e. The van der Waals surface area contributed by atoms with E-state index in [1.807, 2.05) is 11.5 Å². The molecule has 3 amide bonds. The number of amides is 3. The van der Waals surface area contributed by atoms with Crippen LogP contribution in [0, 0.1) is 11.3 Å². The predicted molar refractivity (Wildman–Crippen MR) is 101 cm³/mol. The average molecular weight is 401 g/mol. The molecular weight excluding hydrogens is 384 g/mol. The summed E-state index contributed by atoms with van der Waals surface area (Å²) in [4.78, 5) is 35.5. The quantitative estimate of drug-likeness (QED) is 0.518. The van der Waals surface area contributed by atoms with Crippen LogP contribution in [0.4, 0.5) is 0 Å². The maximum atomic E-state index is 12.0. The Morgan fingerprint density at radius 2 is 1.68 bits per heavy atom. The molecule has 0 unspecified atom stereocenters. The van der Waals surface area contributed by atoms with Crippen LogP contribution in [0.1, 0.15) is 18.1 Å². The van der Waals surface area contributed by atoms with Gasteiger partial charge in [-0.15, -0.1) is 0 Å². The largest absolute Gasteiger partial charge is 0.481 e. The van der Waals surface area contributed by atoms with Crippen molar-refractivity contribution in [2.45, 2.75) is 19.6 Å². The van der Waals surface area contributed by atoms with E-state index in [9.17, 15) is 14.4 Å². The van der Waals surface area contributed by atoms with Gasteiger partial charge in [0.05, 0.1) is 11.6 Å². The first kappa shape index (κ1) is 20.7. The summed E-state index contributed by atoms with van der Waals surface area (Å²) in [7, 11) is 0. The van der Waals surface area contributed by atoms with Crippen molar-refractivity contribution in [3.05, 3.63) is 64.7 Å². The van der Waals surface area contributed by atoms with Crippen molar-refractivity contribution in [1.82, 2.24) is 16.2 Å². The summed E-state index contributed by atoms with van der Waals surface area (Å²) >= 11 is 5.77. The van der Waals surface area contributed by atoms with E-state index < -0.39 is 23.8 Å². The van der Waals surface area contributed by atoms with E-state index in [0.717, 1.165) is 5.56 Å². The fraction of sp³-hybridized carbons (Fsp3) is 0.158. The standard InChI is InChI=1S/C19H17ClN4O4/c1-12(28-16-8-4-13(10-21)5-9-16)17(25)23-24-19(27)18(26)22-11-14-2-6-15(20)7-3-14/h2-9,12H,11H2,1H3,(H,22,26)(H,23,25)(H,24,27)/t12-/m0/s1. The Kier molecular flexibility index (Phi) is 7.37. The van der Waals surface area contributed by atoms with E-state index in [1.165, 1.54) is 6.92 Å². The highest BCUT2D eigenvalue weighted by molar-refractivity contribution is 6.35. The lowest BCUT2D eigenvalue weighted by Crippen LogP contribution is -2.51. The van der Waals surface area contributed by atoms with Crippen LogP contribution < -0.4 is 20.9 Å². The number of halogens is 1. The fourth-order valence-electron chi connectivity index (χ4n) is 2.01. The smallest absolute Gasteiger partial charge is 0.327 e. The molecular formula is C19H17ClN4O4. The van der Waals surface area contributed by atoms with Gasteiger partial charge < -0.3 is 10.1 Å². The Labute approximate surface area is 166 Å². The highest BCUT2D eigenvalue weighted by Crippen LogP contribution is 2.13. The second kappa shape index (κ2) is 9.94. The molecule has 0 heterocycles. The second-order valence-corrected chi connectivity index (χ2v) is 6.09. The van der Waals surface area contributed by atoms with E-state index in [4.69, 9.17) is 21.6 Å². The van der Waals surface area contributed by atoms with Gasteiger partial charge in [0.15, 0.2) is 6.10 Å². The first-order valence-electron chi connectivity index (χ1n) is 8.18. The third-order valence-electron chi connectivity index (χ3n) is 3.54. The van der Waals surface area contributed by atoms with E-state index >= 15 is 0 Å². The molecule has 0 aromatic heterocycles. The van der Waals surface area contributed by atoms with Gasteiger partial charge in [0, 0.05) is 11.6 Å². The molecule has 9 heteroatoms. The number of hydrogen-bond donors (Lipinski definition) is 3. The van der Waals surface area contributed by atoms with Crippen molar-refractivity contribution in [2.75, 3.05) is 0 Å². The number of benzene rings is 2. The molecule has 0 saturated carbocycles. The molecule has 144 valence electrons. The molecule has 2 aromatic rings. The van der Waals surface area contributed by atoms with Crippen LogP contribution in [-0.4, -0.2) is 23.8 Å². The molecule has 0 spiro atoms. The van der Waals surface area contributed by atoms with Gasteiger partial charge in [-0.25, -0.2) is 0 Å². The molecule has 28 heavy (non-hydrogen) atoms. The number of hydrazine groups is 1. The summed E-state index contributed by atoms with van der Waals surface area (Å²) in [6, 6.07) is 14.9. The molecule has 1 atom stereocenters. The van der Waals surface area contributed by atoms with Gasteiger partial charge in [-0.3, -0.25) is 25.2 Å². The van der Waals surface area contributed by atoms with Gasteiger partial charge in [-0.05, 0) is 48.9 Å². The highest BCUT2D eigenvalue weighted by atomic mass is 35.5. The lowest BCUT2D eigenvalue weighted by atomic mass is 10.2.